The molecule has 1 fully saturated rings. The van der Waals surface area contributed by atoms with E-state index in [9.17, 15) is 4.79 Å². The minimum absolute atomic E-state index is 0.0890. The molecule has 134 valence electrons. The van der Waals surface area contributed by atoms with E-state index in [2.05, 4.69) is 48.0 Å². The van der Waals surface area contributed by atoms with Crippen LogP contribution in [0.1, 0.15) is 34.1 Å². The number of carbonyl (C=O) groups excluding carboxylic acids is 1. The number of nitrogens with zero attached hydrogens (tertiary/aromatic N) is 2. The van der Waals surface area contributed by atoms with E-state index in [1.54, 1.807) is 7.11 Å². The molecule has 0 radical (unpaired) electrons. The SMILES string of the molecule is CCC(C)(C)NC(=O)C(C)N1CCN(c2ccc(OC)cc2)CC1. The van der Waals surface area contributed by atoms with E-state index in [0.29, 0.717) is 0 Å². The van der Waals surface area contributed by atoms with Crippen LogP contribution in [0.2, 0.25) is 0 Å². The molecular weight excluding hydrogens is 302 g/mol. The van der Waals surface area contributed by atoms with Gasteiger partial charge in [-0.3, -0.25) is 9.69 Å². The zero-order valence-corrected chi connectivity index (χ0v) is 15.6. The second-order valence-corrected chi connectivity index (χ2v) is 7.12. The smallest absolute Gasteiger partial charge is 0.237 e. The van der Waals surface area contributed by atoms with Crippen molar-refractivity contribution in [1.29, 1.82) is 0 Å². The Balaban J connectivity index is 1.88. The first-order chi connectivity index (χ1) is 11.4. The number of ether oxygens (including phenoxy) is 1. The van der Waals surface area contributed by atoms with Gasteiger partial charge < -0.3 is 15.0 Å². The van der Waals surface area contributed by atoms with E-state index in [4.69, 9.17) is 4.74 Å². The Hall–Kier alpha value is -1.75. The first-order valence-corrected chi connectivity index (χ1v) is 8.81. The van der Waals surface area contributed by atoms with Gasteiger partial charge in [-0.05, 0) is 51.5 Å². The number of hydrogen-bond acceptors (Lipinski definition) is 4. The summed E-state index contributed by atoms with van der Waals surface area (Å²) in [5.41, 5.74) is 1.07. The summed E-state index contributed by atoms with van der Waals surface area (Å²) in [5, 5.41) is 3.15. The number of carbonyl (C=O) groups is 1. The Kier molecular flexibility index (Phi) is 6.10. The van der Waals surface area contributed by atoms with Gasteiger partial charge in [0.2, 0.25) is 5.91 Å². The van der Waals surface area contributed by atoms with Crippen molar-refractivity contribution in [3.63, 3.8) is 0 Å². The minimum Gasteiger partial charge on any atom is -0.497 e. The third-order valence-corrected chi connectivity index (χ3v) is 5.02. The average molecular weight is 333 g/mol. The van der Waals surface area contributed by atoms with Gasteiger partial charge >= 0.3 is 0 Å². The van der Waals surface area contributed by atoms with E-state index in [1.165, 1.54) is 5.69 Å². The molecule has 1 aromatic rings. The third-order valence-electron chi connectivity index (χ3n) is 5.02. The Bertz CT molecular complexity index is 534. The van der Waals surface area contributed by atoms with E-state index in [0.717, 1.165) is 38.3 Å². The number of benzene rings is 1. The van der Waals surface area contributed by atoms with E-state index in [1.807, 2.05) is 19.1 Å². The van der Waals surface area contributed by atoms with E-state index < -0.39 is 0 Å². The van der Waals surface area contributed by atoms with Crippen LogP contribution in [-0.4, -0.2) is 55.7 Å². The predicted molar refractivity (Wildman–Crippen MR) is 98.8 cm³/mol. The van der Waals surface area contributed by atoms with E-state index >= 15 is 0 Å². The highest BCUT2D eigenvalue weighted by molar-refractivity contribution is 5.82. The number of piperazine rings is 1. The maximum absolute atomic E-state index is 12.5. The second kappa shape index (κ2) is 7.88. The highest BCUT2D eigenvalue weighted by Crippen LogP contribution is 2.21. The van der Waals surface area contributed by atoms with Gasteiger partial charge in [0, 0.05) is 37.4 Å². The maximum Gasteiger partial charge on any atom is 0.237 e. The molecule has 0 aliphatic carbocycles. The lowest BCUT2D eigenvalue weighted by atomic mass is 10.0. The topological polar surface area (TPSA) is 44.8 Å². The van der Waals surface area contributed by atoms with Crippen molar-refractivity contribution >= 4 is 11.6 Å². The second-order valence-electron chi connectivity index (χ2n) is 7.12. The summed E-state index contributed by atoms with van der Waals surface area (Å²) in [6.45, 7) is 11.9. The molecule has 0 spiro atoms. The van der Waals surface area contributed by atoms with Crippen LogP contribution in [-0.2, 0) is 4.79 Å². The van der Waals surface area contributed by atoms with Gasteiger partial charge in [-0.15, -0.1) is 0 Å². The van der Waals surface area contributed by atoms with Gasteiger partial charge in [-0.25, -0.2) is 0 Å². The van der Waals surface area contributed by atoms with Crippen molar-refractivity contribution in [3.05, 3.63) is 24.3 Å². The Labute approximate surface area is 146 Å². The van der Waals surface area contributed by atoms with Crippen molar-refractivity contribution in [3.8, 4) is 5.75 Å². The number of amides is 1. The zero-order valence-electron chi connectivity index (χ0n) is 15.6. The molecule has 0 bridgehead atoms. The Morgan fingerprint density at radius 1 is 1.21 bits per heavy atom. The molecule has 1 heterocycles. The summed E-state index contributed by atoms with van der Waals surface area (Å²) in [4.78, 5) is 17.1. The molecule has 1 aliphatic rings. The number of nitrogens with one attached hydrogen (secondary N) is 1. The molecule has 1 unspecified atom stereocenters. The first-order valence-electron chi connectivity index (χ1n) is 8.81. The molecule has 5 heteroatoms. The Morgan fingerprint density at radius 3 is 2.29 bits per heavy atom. The largest absolute Gasteiger partial charge is 0.497 e. The quantitative estimate of drug-likeness (QED) is 0.869. The van der Waals surface area contributed by atoms with E-state index in [-0.39, 0.29) is 17.5 Å². The van der Waals surface area contributed by atoms with Gasteiger partial charge in [-0.2, -0.15) is 0 Å². The number of rotatable bonds is 6. The van der Waals surface area contributed by atoms with Crippen molar-refractivity contribution in [2.75, 3.05) is 38.2 Å². The molecule has 24 heavy (non-hydrogen) atoms. The number of hydrogen-bond donors (Lipinski definition) is 1. The molecule has 0 saturated carbocycles. The van der Waals surface area contributed by atoms with Crippen LogP contribution >= 0.6 is 0 Å². The fourth-order valence-electron chi connectivity index (χ4n) is 2.85. The fraction of sp³-hybridized carbons (Fsp3) is 0.632. The normalized spacial score (nSPS) is 17.5. The molecule has 2 rings (SSSR count). The lowest BCUT2D eigenvalue weighted by Crippen LogP contribution is -2.56. The maximum atomic E-state index is 12.5. The molecule has 1 N–H and O–H groups in total. The number of anilines is 1. The van der Waals surface area contributed by atoms with Gasteiger partial charge in [0.1, 0.15) is 5.75 Å². The molecule has 1 saturated heterocycles. The highest BCUT2D eigenvalue weighted by atomic mass is 16.5. The molecule has 5 nitrogen and oxygen atoms in total. The number of methoxy groups -OCH3 is 1. The minimum atomic E-state index is -0.143. The van der Waals surface area contributed by atoms with Crippen LogP contribution in [0, 0.1) is 0 Å². The highest BCUT2D eigenvalue weighted by Gasteiger charge is 2.28. The van der Waals surface area contributed by atoms with Crippen LogP contribution in [0.5, 0.6) is 5.75 Å². The molecule has 1 atom stereocenters. The molecule has 1 aliphatic heterocycles. The zero-order chi connectivity index (χ0) is 17.7. The summed E-state index contributed by atoms with van der Waals surface area (Å²) < 4.78 is 5.21. The van der Waals surface area contributed by atoms with Gasteiger partial charge in [-0.1, -0.05) is 6.92 Å². The van der Waals surface area contributed by atoms with Crippen molar-refractivity contribution in [2.24, 2.45) is 0 Å². The van der Waals surface area contributed by atoms with Crippen LogP contribution in [0.15, 0.2) is 24.3 Å². The van der Waals surface area contributed by atoms with Gasteiger partial charge in [0.15, 0.2) is 0 Å². The van der Waals surface area contributed by atoms with Crippen molar-refractivity contribution in [1.82, 2.24) is 10.2 Å². The Morgan fingerprint density at radius 2 is 1.79 bits per heavy atom. The summed E-state index contributed by atoms with van der Waals surface area (Å²) in [5.74, 6) is 1.00. The molecule has 1 aromatic carbocycles. The monoisotopic (exact) mass is 333 g/mol. The molecule has 0 aromatic heterocycles. The van der Waals surface area contributed by atoms with Crippen molar-refractivity contribution < 1.29 is 9.53 Å². The lowest BCUT2D eigenvalue weighted by molar-refractivity contribution is -0.127. The predicted octanol–water partition coefficient (Wildman–Crippen LogP) is 2.51. The third kappa shape index (κ3) is 4.63. The van der Waals surface area contributed by atoms with Crippen molar-refractivity contribution in [2.45, 2.75) is 45.7 Å². The van der Waals surface area contributed by atoms with Crippen LogP contribution in [0.4, 0.5) is 5.69 Å². The average Bonchev–Trinajstić information content (AvgIpc) is 2.61. The van der Waals surface area contributed by atoms with Crippen LogP contribution < -0.4 is 15.0 Å². The lowest BCUT2D eigenvalue weighted by Gasteiger charge is -2.39. The summed E-state index contributed by atoms with van der Waals surface area (Å²) in [6, 6.07) is 8.08. The van der Waals surface area contributed by atoms with Crippen LogP contribution in [0.25, 0.3) is 0 Å². The summed E-state index contributed by atoms with van der Waals surface area (Å²) >= 11 is 0. The van der Waals surface area contributed by atoms with Gasteiger partial charge in [0.05, 0.1) is 13.2 Å². The standard InChI is InChI=1S/C19H31N3O2/c1-6-19(3,4)20-18(23)15(2)21-11-13-22(14-12-21)16-7-9-17(24-5)10-8-16/h7-10,15H,6,11-14H2,1-5H3,(H,20,23). The van der Waals surface area contributed by atoms with Gasteiger partial charge in [0.25, 0.3) is 0 Å². The first kappa shape index (κ1) is 18.6. The fourth-order valence-corrected chi connectivity index (χ4v) is 2.85. The summed E-state index contributed by atoms with van der Waals surface area (Å²) in [6.07, 6.45) is 0.927. The summed E-state index contributed by atoms with van der Waals surface area (Å²) in [7, 11) is 1.68. The molecular formula is C19H31N3O2. The molecule has 1 amide bonds. The van der Waals surface area contributed by atoms with Crippen LogP contribution in [0.3, 0.4) is 0 Å².